The quantitative estimate of drug-likeness (QED) is 0.0211. The molecule has 0 spiro atoms. The summed E-state index contributed by atoms with van der Waals surface area (Å²) in [7, 11) is 6.00. The van der Waals surface area contributed by atoms with Crippen molar-refractivity contribution < 1.29 is 42.9 Å². The summed E-state index contributed by atoms with van der Waals surface area (Å²) in [5, 5.41) is 9.75. The molecule has 486 valence electrons. The van der Waals surface area contributed by atoms with Crippen LogP contribution in [0.2, 0.25) is 0 Å². The van der Waals surface area contributed by atoms with E-state index in [9.17, 15) is 19.5 Å². The van der Waals surface area contributed by atoms with Gasteiger partial charge < -0.3 is 28.5 Å². The first kappa shape index (κ1) is 80.0. The zero-order chi connectivity index (χ0) is 59.8. The number of likely N-dealkylation sites (N-methyl/N-ethyl adjacent to an activating group) is 1. The predicted molar refractivity (Wildman–Crippen MR) is 351 cm³/mol. The van der Waals surface area contributed by atoms with Gasteiger partial charge in [-0.1, -0.05) is 341 Å². The molecule has 2 unspecified atom stereocenters. The van der Waals surface area contributed by atoms with Gasteiger partial charge in [0.2, 0.25) is 0 Å². The summed E-state index contributed by atoms with van der Waals surface area (Å²) in [6, 6.07) is 0. The molecule has 0 aliphatic heterocycles. The Hall–Kier alpha value is -1.97. The van der Waals surface area contributed by atoms with E-state index in [-0.39, 0.29) is 38.2 Å². The van der Waals surface area contributed by atoms with Crippen LogP contribution < -0.4 is 0 Å². The van der Waals surface area contributed by atoms with E-state index in [0.29, 0.717) is 17.4 Å². The maximum absolute atomic E-state index is 13.0. The van der Waals surface area contributed by atoms with Crippen molar-refractivity contribution in [3.8, 4) is 0 Å². The second-order valence-corrected chi connectivity index (χ2v) is 26.3. The molecule has 0 bridgehead atoms. The van der Waals surface area contributed by atoms with Crippen LogP contribution in [-0.4, -0.2) is 87.4 Å². The highest BCUT2D eigenvalue weighted by atomic mass is 16.7. The van der Waals surface area contributed by atoms with Gasteiger partial charge in [-0.15, -0.1) is 0 Å². The van der Waals surface area contributed by atoms with Crippen molar-refractivity contribution >= 4 is 17.9 Å². The van der Waals surface area contributed by atoms with E-state index in [2.05, 4.69) is 26.0 Å². The standard InChI is InChI=1S/C73H141NO8/c1-6-8-10-12-14-16-18-20-22-24-26-28-30-32-34-35-36-37-38-40-42-44-46-48-50-52-54-56-58-60-62-64-71(76)82-69(68-81-73(72(77)78)79-66-65-74(3,4)5)67-80-70(75)63-61-59-57-55-53-51-49-47-45-43-41-39-33-31-29-27-25-23-21-19-17-15-13-11-9-7-2/h24,26,69,73H,6-23,25,27-68H2,1-5H3/p+1/b26-24-. The Labute approximate surface area is 510 Å². The Bertz CT molecular complexity index is 1350. The number of hydrogen-bond donors (Lipinski definition) is 1. The SMILES string of the molecule is CCCCCCCCCC/C=C\CCCCCCCCCCCCCCCCCCCCCC(=O)OC(COC(=O)CCCCCCCCCCCCCCCCCCCCCCCCCCCC)COC(OCC[N+](C)(C)C)C(=O)O. The van der Waals surface area contributed by atoms with Crippen molar-refractivity contribution in [2.75, 3.05) is 47.5 Å². The van der Waals surface area contributed by atoms with Gasteiger partial charge in [0.1, 0.15) is 13.2 Å². The molecule has 0 heterocycles. The van der Waals surface area contributed by atoms with Crippen LogP contribution in [0.25, 0.3) is 0 Å². The van der Waals surface area contributed by atoms with Crippen molar-refractivity contribution in [1.29, 1.82) is 0 Å². The molecule has 0 aromatic carbocycles. The number of carboxylic acids is 1. The van der Waals surface area contributed by atoms with Crippen molar-refractivity contribution in [2.24, 2.45) is 0 Å². The van der Waals surface area contributed by atoms with Gasteiger partial charge >= 0.3 is 17.9 Å². The summed E-state index contributed by atoms with van der Waals surface area (Å²) in [6.07, 6.45) is 76.3. The van der Waals surface area contributed by atoms with Crippen LogP contribution in [0.15, 0.2) is 12.2 Å². The number of esters is 2. The molecule has 0 radical (unpaired) electrons. The molecule has 0 aromatic heterocycles. The number of allylic oxidation sites excluding steroid dienone is 2. The fraction of sp³-hybridized carbons (Fsp3) is 0.932. The Kier molecular flexibility index (Phi) is 63.5. The van der Waals surface area contributed by atoms with Gasteiger partial charge in [-0.3, -0.25) is 9.59 Å². The normalized spacial score (nSPS) is 12.6. The summed E-state index contributed by atoms with van der Waals surface area (Å²) in [6.45, 7) is 4.97. The first-order valence-corrected chi connectivity index (χ1v) is 36.4. The van der Waals surface area contributed by atoms with Gasteiger partial charge in [0.05, 0.1) is 34.4 Å². The first-order valence-electron chi connectivity index (χ1n) is 36.4. The maximum Gasteiger partial charge on any atom is 0.361 e. The Morgan fingerprint density at radius 3 is 0.902 bits per heavy atom. The number of aliphatic carboxylic acids is 1. The average molecular weight is 1160 g/mol. The molecule has 0 aliphatic rings. The number of ether oxygens (including phenoxy) is 4. The molecule has 0 rings (SSSR count). The van der Waals surface area contributed by atoms with E-state index >= 15 is 0 Å². The predicted octanol–water partition coefficient (Wildman–Crippen LogP) is 22.4. The lowest BCUT2D eigenvalue weighted by molar-refractivity contribution is -0.870. The van der Waals surface area contributed by atoms with E-state index in [1.165, 1.54) is 315 Å². The molecule has 0 aliphatic carbocycles. The number of quaternary nitrogens is 1. The molecule has 82 heavy (non-hydrogen) atoms. The summed E-state index contributed by atoms with van der Waals surface area (Å²) in [5.74, 6) is -1.97. The number of nitrogens with zero attached hydrogens (tertiary/aromatic N) is 1. The zero-order valence-electron chi connectivity index (χ0n) is 55.7. The highest BCUT2D eigenvalue weighted by Crippen LogP contribution is 2.19. The number of carbonyl (C=O) groups is 3. The monoisotopic (exact) mass is 1160 g/mol. The van der Waals surface area contributed by atoms with Gasteiger partial charge in [0.25, 0.3) is 6.29 Å². The smallest absolute Gasteiger partial charge is 0.361 e. The minimum Gasteiger partial charge on any atom is -0.477 e. The van der Waals surface area contributed by atoms with Gasteiger partial charge in [0.15, 0.2) is 6.10 Å². The highest BCUT2D eigenvalue weighted by molar-refractivity contribution is 5.71. The van der Waals surface area contributed by atoms with Crippen LogP contribution in [0, 0.1) is 0 Å². The average Bonchev–Trinajstić information content (AvgIpc) is 3.45. The van der Waals surface area contributed by atoms with Crippen molar-refractivity contribution in [3.63, 3.8) is 0 Å². The number of carbonyl (C=O) groups excluding carboxylic acids is 2. The molecular weight excluding hydrogens is 1020 g/mol. The van der Waals surface area contributed by atoms with Gasteiger partial charge in [-0.25, -0.2) is 4.79 Å². The number of hydrogen-bond acceptors (Lipinski definition) is 7. The first-order chi connectivity index (χ1) is 40.1. The number of rotatable bonds is 69. The van der Waals surface area contributed by atoms with E-state index in [0.717, 1.165) is 38.5 Å². The van der Waals surface area contributed by atoms with Crippen LogP contribution in [0.1, 0.15) is 380 Å². The lowest BCUT2D eigenvalue weighted by Crippen LogP contribution is -2.40. The third-order valence-electron chi connectivity index (χ3n) is 16.8. The Morgan fingerprint density at radius 1 is 0.354 bits per heavy atom. The molecule has 0 fully saturated rings. The van der Waals surface area contributed by atoms with Gasteiger partial charge in [-0.2, -0.15) is 0 Å². The summed E-state index contributed by atoms with van der Waals surface area (Å²) < 4.78 is 23.0. The van der Waals surface area contributed by atoms with E-state index in [4.69, 9.17) is 18.9 Å². The Morgan fingerprint density at radius 2 is 0.622 bits per heavy atom. The Balaban J connectivity index is 4.03. The third kappa shape index (κ3) is 65.6. The van der Waals surface area contributed by atoms with E-state index in [1.54, 1.807) is 0 Å². The van der Waals surface area contributed by atoms with Crippen LogP contribution in [0.5, 0.6) is 0 Å². The van der Waals surface area contributed by atoms with Crippen molar-refractivity contribution in [1.82, 2.24) is 0 Å². The van der Waals surface area contributed by atoms with Crippen LogP contribution in [-0.2, 0) is 33.3 Å². The lowest BCUT2D eigenvalue weighted by atomic mass is 10.0. The number of carboxylic acid groups (broad SMARTS) is 1. The molecule has 2 atom stereocenters. The van der Waals surface area contributed by atoms with Crippen molar-refractivity contribution in [2.45, 2.75) is 392 Å². The molecule has 1 N–H and O–H groups in total. The number of unbranched alkanes of at least 4 members (excludes halogenated alkanes) is 52. The molecule has 0 aromatic rings. The molecule has 0 saturated carbocycles. The zero-order valence-corrected chi connectivity index (χ0v) is 55.7. The van der Waals surface area contributed by atoms with Crippen LogP contribution in [0.4, 0.5) is 0 Å². The molecule has 9 heteroatoms. The third-order valence-corrected chi connectivity index (χ3v) is 16.8. The molecule has 0 amide bonds. The van der Waals surface area contributed by atoms with Gasteiger partial charge in [0, 0.05) is 12.8 Å². The van der Waals surface area contributed by atoms with Crippen LogP contribution >= 0.6 is 0 Å². The van der Waals surface area contributed by atoms with Gasteiger partial charge in [-0.05, 0) is 38.5 Å². The minimum absolute atomic E-state index is 0.173. The van der Waals surface area contributed by atoms with E-state index in [1.807, 2.05) is 21.1 Å². The highest BCUT2D eigenvalue weighted by Gasteiger charge is 2.25. The summed E-state index contributed by atoms with van der Waals surface area (Å²) in [4.78, 5) is 37.6. The second-order valence-electron chi connectivity index (χ2n) is 26.3. The molecule has 0 saturated heterocycles. The lowest BCUT2D eigenvalue weighted by Gasteiger charge is -2.25. The minimum atomic E-state index is -1.51. The summed E-state index contributed by atoms with van der Waals surface area (Å²) in [5.41, 5.74) is 0. The fourth-order valence-corrected chi connectivity index (χ4v) is 11.2. The summed E-state index contributed by atoms with van der Waals surface area (Å²) >= 11 is 0. The van der Waals surface area contributed by atoms with Crippen molar-refractivity contribution in [3.05, 3.63) is 12.2 Å². The molecule has 9 nitrogen and oxygen atoms in total. The van der Waals surface area contributed by atoms with Crippen LogP contribution in [0.3, 0.4) is 0 Å². The topological polar surface area (TPSA) is 108 Å². The maximum atomic E-state index is 13.0. The second kappa shape index (κ2) is 65.0. The largest absolute Gasteiger partial charge is 0.477 e. The molecular formula is C73H142NO8+. The van der Waals surface area contributed by atoms with E-state index < -0.39 is 18.4 Å². The fourth-order valence-electron chi connectivity index (χ4n) is 11.2.